The van der Waals surface area contributed by atoms with Gasteiger partial charge >= 0.3 is 12.1 Å². The van der Waals surface area contributed by atoms with Gasteiger partial charge in [-0.2, -0.15) is 13.2 Å². The van der Waals surface area contributed by atoms with Crippen LogP contribution in [-0.2, 0) is 11.3 Å². The van der Waals surface area contributed by atoms with Crippen LogP contribution < -0.4 is 0 Å². The van der Waals surface area contributed by atoms with Crippen molar-refractivity contribution in [3.63, 3.8) is 0 Å². The predicted molar refractivity (Wildman–Crippen MR) is 53.0 cm³/mol. The summed E-state index contributed by atoms with van der Waals surface area (Å²) in [6, 6.07) is 0. The van der Waals surface area contributed by atoms with Gasteiger partial charge in [-0.3, -0.25) is 0 Å². The molecule has 0 aromatic carbocycles. The number of hydrogen-bond acceptors (Lipinski definition) is 5. The maximum absolute atomic E-state index is 12.8. The fourth-order valence-corrected chi connectivity index (χ4v) is 1.28. The van der Waals surface area contributed by atoms with Crippen LogP contribution in [-0.4, -0.2) is 45.0 Å². The van der Waals surface area contributed by atoms with E-state index >= 15 is 0 Å². The summed E-state index contributed by atoms with van der Waals surface area (Å²) in [4.78, 5) is 11.3. The largest absolute Gasteiger partial charge is 0.461 e. The molecule has 0 saturated heterocycles. The molecular formula is C9H10F5N3O3. The molecule has 1 aromatic rings. The summed E-state index contributed by atoms with van der Waals surface area (Å²) in [6.45, 7) is -0.00704. The van der Waals surface area contributed by atoms with Crippen LogP contribution in [0.15, 0.2) is 0 Å². The molecule has 20 heavy (non-hydrogen) atoms. The summed E-state index contributed by atoms with van der Waals surface area (Å²) >= 11 is 0. The van der Waals surface area contributed by atoms with Crippen molar-refractivity contribution in [1.29, 1.82) is 0 Å². The van der Waals surface area contributed by atoms with Gasteiger partial charge in [-0.05, 0) is 6.92 Å². The number of alkyl halides is 5. The zero-order valence-electron chi connectivity index (χ0n) is 10.1. The van der Waals surface area contributed by atoms with Gasteiger partial charge in [0.2, 0.25) is 0 Å². The normalized spacial score (nSPS) is 13.6. The monoisotopic (exact) mass is 303 g/mol. The van der Waals surface area contributed by atoms with Crippen LogP contribution in [0.25, 0.3) is 0 Å². The highest BCUT2D eigenvalue weighted by atomic mass is 19.4. The van der Waals surface area contributed by atoms with E-state index in [-0.39, 0.29) is 11.3 Å². The summed E-state index contributed by atoms with van der Waals surface area (Å²) < 4.78 is 66.6. The topological polar surface area (TPSA) is 77.2 Å². The number of carbonyl (C=O) groups excluding carboxylic acids is 1. The highest BCUT2D eigenvalue weighted by Gasteiger charge is 2.40. The van der Waals surface area contributed by atoms with E-state index in [9.17, 15) is 26.7 Å². The van der Waals surface area contributed by atoms with Gasteiger partial charge in [0.1, 0.15) is 5.69 Å². The first kappa shape index (κ1) is 16.3. The molecule has 11 heteroatoms. The molecule has 1 rings (SSSR count). The predicted octanol–water partition coefficient (Wildman–Crippen LogP) is 1.32. The Morgan fingerprint density at radius 1 is 1.45 bits per heavy atom. The zero-order valence-corrected chi connectivity index (χ0v) is 10.1. The number of aliphatic hydroxyl groups excluding tert-OH is 1. The maximum Gasteiger partial charge on any atom is 0.416 e. The van der Waals surface area contributed by atoms with Crippen molar-refractivity contribution in [2.24, 2.45) is 0 Å². The molecular weight excluding hydrogens is 293 g/mol. The summed E-state index contributed by atoms with van der Waals surface area (Å²) in [5.41, 5.74) is -2.01. The van der Waals surface area contributed by atoms with Crippen LogP contribution >= 0.6 is 0 Å². The first-order valence-corrected chi connectivity index (χ1v) is 5.31. The lowest BCUT2D eigenvalue weighted by atomic mass is 10.3. The SMILES string of the molecule is CCOC(=O)c1nnn(CC(O)C(F)(F)F)c1C(F)F. The molecule has 0 spiro atoms. The molecule has 1 unspecified atom stereocenters. The van der Waals surface area contributed by atoms with E-state index in [1.807, 2.05) is 0 Å². The molecule has 1 atom stereocenters. The molecule has 114 valence electrons. The van der Waals surface area contributed by atoms with Gasteiger partial charge in [0, 0.05) is 0 Å². The molecule has 0 aliphatic rings. The van der Waals surface area contributed by atoms with Crippen LogP contribution in [0.5, 0.6) is 0 Å². The van der Waals surface area contributed by atoms with E-state index in [1.54, 1.807) is 0 Å². The molecule has 0 aliphatic heterocycles. The Bertz CT molecular complexity index is 474. The molecule has 0 bridgehead atoms. The number of ether oxygens (including phenoxy) is 1. The zero-order chi connectivity index (χ0) is 15.5. The Morgan fingerprint density at radius 2 is 2.05 bits per heavy atom. The van der Waals surface area contributed by atoms with Gasteiger partial charge in [0.25, 0.3) is 6.43 Å². The van der Waals surface area contributed by atoms with E-state index in [1.165, 1.54) is 6.92 Å². The van der Waals surface area contributed by atoms with Crippen LogP contribution in [0.1, 0.15) is 29.5 Å². The Balaban J connectivity index is 3.07. The van der Waals surface area contributed by atoms with Crippen LogP contribution in [0.4, 0.5) is 22.0 Å². The van der Waals surface area contributed by atoms with Crippen LogP contribution in [0.3, 0.4) is 0 Å². The van der Waals surface area contributed by atoms with Crippen molar-refractivity contribution in [2.75, 3.05) is 6.61 Å². The van der Waals surface area contributed by atoms with Gasteiger partial charge in [-0.1, -0.05) is 5.21 Å². The maximum atomic E-state index is 12.8. The van der Waals surface area contributed by atoms with Crippen LogP contribution in [0, 0.1) is 0 Å². The Hall–Kier alpha value is -1.78. The second-order valence-electron chi connectivity index (χ2n) is 3.58. The van der Waals surface area contributed by atoms with Gasteiger partial charge in [-0.15, -0.1) is 5.10 Å². The van der Waals surface area contributed by atoms with Crippen molar-refractivity contribution in [1.82, 2.24) is 15.0 Å². The van der Waals surface area contributed by atoms with Crippen LogP contribution in [0.2, 0.25) is 0 Å². The molecule has 0 aliphatic carbocycles. The van der Waals surface area contributed by atoms with E-state index in [4.69, 9.17) is 5.11 Å². The molecule has 1 heterocycles. The van der Waals surface area contributed by atoms with Crippen molar-refractivity contribution in [2.45, 2.75) is 32.2 Å². The lowest BCUT2D eigenvalue weighted by molar-refractivity contribution is -0.208. The second-order valence-corrected chi connectivity index (χ2v) is 3.58. The number of esters is 1. The smallest absolute Gasteiger partial charge is 0.416 e. The molecule has 1 aromatic heterocycles. The van der Waals surface area contributed by atoms with Crippen molar-refractivity contribution >= 4 is 5.97 Å². The summed E-state index contributed by atoms with van der Waals surface area (Å²) in [5.74, 6) is -1.23. The lowest BCUT2D eigenvalue weighted by Crippen LogP contribution is -2.33. The highest BCUT2D eigenvalue weighted by molar-refractivity contribution is 5.88. The average molecular weight is 303 g/mol. The van der Waals surface area contributed by atoms with Gasteiger partial charge in [0.15, 0.2) is 11.8 Å². The summed E-state index contributed by atoms with van der Waals surface area (Å²) in [5, 5.41) is 14.9. The van der Waals surface area contributed by atoms with E-state index in [0.717, 1.165) is 0 Å². The fourth-order valence-electron chi connectivity index (χ4n) is 1.28. The number of aromatic nitrogens is 3. The molecule has 0 amide bonds. The summed E-state index contributed by atoms with van der Waals surface area (Å²) in [6.07, 6.45) is -11.2. The Kier molecular flexibility index (Phi) is 4.98. The summed E-state index contributed by atoms with van der Waals surface area (Å²) in [7, 11) is 0. The Labute approximate surface area is 109 Å². The fraction of sp³-hybridized carbons (Fsp3) is 0.667. The Morgan fingerprint density at radius 3 is 2.50 bits per heavy atom. The van der Waals surface area contributed by atoms with Crippen molar-refractivity contribution in [3.05, 3.63) is 11.4 Å². The second kappa shape index (κ2) is 6.11. The van der Waals surface area contributed by atoms with E-state index in [0.29, 0.717) is 0 Å². The first-order valence-electron chi connectivity index (χ1n) is 5.31. The minimum Gasteiger partial charge on any atom is -0.461 e. The molecule has 0 radical (unpaired) electrons. The molecule has 0 saturated carbocycles. The van der Waals surface area contributed by atoms with E-state index < -0.39 is 42.6 Å². The molecule has 0 fully saturated rings. The molecule has 6 nitrogen and oxygen atoms in total. The third-order valence-electron chi connectivity index (χ3n) is 2.17. The number of halogens is 5. The number of nitrogens with zero attached hydrogens (tertiary/aromatic N) is 3. The third-order valence-corrected chi connectivity index (χ3v) is 2.17. The first-order chi connectivity index (χ1) is 9.18. The number of aliphatic hydroxyl groups is 1. The minimum atomic E-state index is -5.00. The van der Waals surface area contributed by atoms with Gasteiger partial charge in [0.05, 0.1) is 13.2 Å². The van der Waals surface area contributed by atoms with E-state index in [2.05, 4.69) is 15.0 Å². The highest BCUT2D eigenvalue weighted by Crippen LogP contribution is 2.25. The van der Waals surface area contributed by atoms with Crippen molar-refractivity contribution in [3.8, 4) is 0 Å². The lowest BCUT2D eigenvalue weighted by Gasteiger charge is -2.15. The third kappa shape index (κ3) is 3.62. The number of hydrogen-bond donors (Lipinski definition) is 1. The average Bonchev–Trinajstić information content (AvgIpc) is 2.71. The number of carbonyl (C=O) groups is 1. The molecule has 1 N–H and O–H groups in total. The van der Waals surface area contributed by atoms with Crippen molar-refractivity contribution < 1.29 is 36.6 Å². The van der Waals surface area contributed by atoms with Gasteiger partial charge in [-0.25, -0.2) is 18.3 Å². The minimum absolute atomic E-state index is 0.125. The number of rotatable bonds is 5. The van der Waals surface area contributed by atoms with Gasteiger partial charge < -0.3 is 9.84 Å². The standard InChI is InChI=1S/C9H10F5N3O3/c1-2-20-8(19)5-6(7(10)11)17(16-15-5)3-4(18)9(12,13)14/h4,7,18H,2-3H2,1H3. The quantitative estimate of drug-likeness (QED) is 0.655.